The molecule has 0 spiro atoms. The number of nitrogens with zero attached hydrogens (tertiary/aromatic N) is 1. The van der Waals surface area contributed by atoms with Crippen LogP contribution in [0.2, 0.25) is 0 Å². The van der Waals surface area contributed by atoms with E-state index in [4.69, 9.17) is 5.11 Å². The zero-order chi connectivity index (χ0) is 9.80. The van der Waals surface area contributed by atoms with Gasteiger partial charge in [-0.2, -0.15) is 0 Å². The number of H-pyrrole nitrogens is 1. The van der Waals surface area contributed by atoms with E-state index >= 15 is 0 Å². The van der Waals surface area contributed by atoms with Gasteiger partial charge in [0.15, 0.2) is 0 Å². The number of hydrogen-bond donors (Lipinski definition) is 2. The van der Waals surface area contributed by atoms with Gasteiger partial charge in [-0.25, -0.2) is 0 Å². The lowest BCUT2D eigenvalue weighted by molar-refractivity contribution is 0.185. The standard InChI is InChI=1S/C11H18N2O/c14-6-5-13(8-10-1-2-10)9-11-3-4-12-7-11/h3-4,7,10,12,14H,1-2,5-6,8-9H2. The van der Waals surface area contributed by atoms with Gasteiger partial charge in [0, 0.05) is 32.0 Å². The third kappa shape index (κ3) is 2.86. The summed E-state index contributed by atoms with van der Waals surface area (Å²) in [4.78, 5) is 5.39. The molecule has 1 heterocycles. The molecule has 1 aromatic heterocycles. The van der Waals surface area contributed by atoms with Crippen LogP contribution in [-0.2, 0) is 6.54 Å². The lowest BCUT2D eigenvalue weighted by Crippen LogP contribution is -2.28. The van der Waals surface area contributed by atoms with Gasteiger partial charge in [-0.05, 0) is 30.4 Å². The Morgan fingerprint density at radius 2 is 2.36 bits per heavy atom. The highest BCUT2D eigenvalue weighted by Crippen LogP contribution is 2.29. The van der Waals surface area contributed by atoms with Crippen molar-refractivity contribution < 1.29 is 5.11 Å². The van der Waals surface area contributed by atoms with E-state index in [-0.39, 0.29) is 6.61 Å². The topological polar surface area (TPSA) is 39.3 Å². The summed E-state index contributed by atoms with van der Waals surface area (Å²) in [6, 6.07) is 2.09. The lowest BCUT2D eigenvalue weighted by Gasteiger charge is -2.20. The van der Waals surface area contributed by atoms with Gasteiger partial charge < -0.3 is 10.1 Å². The monoisotopic (exact) mass is 194 g/mol. The van der Waals surface area contributed by atoms with Gasteiger partial charge in [0.05, 0.1) is 6.61 Å². The van der Waals surface area contributed by atoms with Gasteiger partial charge in [0.25, 0.3) is 0 Å². The van der Waals surface area contributed by atoms with Gasteiger partial charge >= 0.3 is 0 Å². The number of rotatable bonds is 6. The summed E-state index contributed by atoms with van der Waals surface area (Å²) < 4.78 is 0. The number of aliphatic hydroxyl groups is 1. The van der Waals surface area contributed by atoms with Crippen LogP contribution >= 0.6 is 0 Å². The third-order valence-electron chi connectivity index (χ3n) is 2.70. The first-order valence-electron chi connectivity index (χ1n) is 5.33. The Bertz CT molecular complexity index is 254. The molecule has 2 N–H and O–H groups in total. The van der Waals surface area contributed by atoms with Crippen molar-refractivity contribution in [2.24, 2.45) is 5.92 Å². The normalized spacial score (nSPS) is 16.4. The average molecular weight is 194 g/mol. The van der Waals surface area contributed by atoms with Crippen molar-refractivity contribution in [2.75, 3.05) is 19.7 Å². The second-order valence-corrected chi connectivity index (χ2v) is 4.12. The quantitative estimate of drug-likeness (QED) is 0.714. The van der Waals surface area contributed by atoms with Gasteiger partial charge in [-0.3, -0.25) is 4.90 Å². The molecule has 0 saturated heterocycles. The Morgan fingerprint density at radius 3 is 2.93 bits per heavy atom. The summed E-state index contributed by atoms with van der Waals surface area (Å²) in [6.07, 6.45) is 6.71. The maximum Gasteiger partial charge on any atom is 0.0558 e. The molecule has 3 nitrogen and oxygen atoms in total. The first kappa shape index (κ1) is 9.74. The van der Waals surface area contributed by atoms with Gasteiger partial charge in [0.2, 0.25) is 0 Å². The van der Waals surface area contributed by atoms with Crippen molar-refractivity contribution in [1.29, 1.82) is 0 Å². The summed E-state index contributed by atoms with van der Waals surface area (Å²) in [5.74, 6) is 0.889. The molecule has 2 rings (SSSR count). The van der Waals surface area contributed by atoms with Crippen LogP contribution in [0, 0.1) is 5.92 Å². The smallest absolute Gasteiger partial charge is 0.0558 e. The van der Waals surface area contributed by atoms with Gasteiger partial charge in [-0.1, -0.05) is 0 Å². The Hall–Kier alpha value is -0.800. The van der Waals surface area contributed by atoms with Gasteiger partial charge in [-0.15, -0.1) is 0 Å². The molecule has 1 aliphatic carbocycles. The average Bonchev–Trinajstić information content (AvgIpc) is 2.81. The molecule has 0 aliphatic heterocycles. The van der Waals surface area contributed by atoms with Crippen LogP contribution in [0.15, 0.2) is 18.5 Å². The fourth-order valence-electron chi connectivity index (χ4n) is 1.76. The minimum Gasteiger partial charge on any atom is -0.395 e. The molecule has 14 heavy (non-hydrogen) atoms. The summed E-state index contributed by atoms with van der Waals surface area (Å²) >= 11 is 0. The summed E-state index contributed by atoms with van der Waals surface area (Å²) in [5.41, 5.74) is 1.30. The zero-order valence-corrected chi connectivity index (χ0v) is 8.45. The van der Waals surface area contributed by atoms with Crippen LogP contribution in [0.25, 0.3) is 0 Å². The number of aliphatic hydroxyl groups excluding tert-OH is 1. The second kappa shape index (κ2) is 4.62. The predicted octanol–water partition coefficient (Wildman–Crippen LogP) is 1.22. The Kier molecular flexibility index (Phi) is 3.22. The molecular formula is C11H18N2O. The summed E-state index contributed by atoms with van der Waals surface area (Å²) in [7, 11) is 0. The van der Waals surface area contributed by atoms with Crippen LogP contribution in [0.4, 0.5) is 0 Å². The highest BCUT2D eigenvalue weighted by atomic mass is 16.3. The van der Waals surface area contributed by atoms with E-state index in [2.05, 4.69) is 16.0 Å². The molecule has 0 aromatic carbocycles. The molecule has 0 amide bonds. The van der Waals surface area contributed by atoms with E-state index in [1.807, 2.05) is 12.4 Å². The third-order valence-corrected chi connectivity index (χ3v) is 2.70. The van der Waals surface area contributed by atoms with Crippen molar-refractivity contribution in [2.45, 2.75) is 19.4 Å². The van der Waals surface area contributed by atoms with E-state index in [9.17, 15) is 0 Å². The molecule has 0 radical (unpaired) electrons. The van der Waals surface area contributed by atoms with Crippen molar-refractivity contribution >= 4 is 0 Å². The highest BCUT2D eigenvalue weighted by molar-refractivity contribution is 5.08. The number of hydrogen-bond acceptors (Lipinski definition) is 2. The zero-order valence-electron chi connectivity index (χ0n) is 8.45. The Labute approximate surface area is 84.7 Å². The molecule has 1 aromatic rings. The van der Waals surface area contributed by atoms with Crippen LogP contribution in [0.5, 0.6) is 0 Å². The molecule has 1 saturated carbocycles. The number of aromatic amines is 1. The lowest BCUT2D eigenvalue weighted by atomic mass is 10.3. The van der Waals surface area contributed by atoms with Crippen LogP contribution in [0.1, 0.15) is 18.4 Å². The fourth-order valence-corrected chi connectivity index (χ4v) is 1.76. The van der Waals surface area contributed by atoms with E-state index in [1.165, 1.54) is 18.4 Å². The molecule has 0 unspecified atom stereocenters. The molecule has 0 atom stereocenters. The van der Waals surface area contributed by atoms with Crippen molar-refractivity contribution in [3.8, 4) is 0 Å². The van der Waals surface area contributed by atoms with Crippen molar-refractivity contribution in [3.05, 3.63) is 24.0 Å². The highest BCUT2D eigenvalue weighted by Gasteiger charge is 2.23. The number of aromatic nitrogens is 1. The summed E-state index contributed by atoms with van der Waals surface area (Å²) in [5, 5.41) is 8.95. The van der Waals surface area contributed by atoms with Crippen LogP contribution < -0.4 is 0 Å². The van der Waals surface area contributed by atoms with Crippen molar-refractivity contribution in [3.63, 3.8) is 0 Å². The number of nitrogens with one attached hydrogen (secondary N) is 1. The van der Waals surface area contributed by atoms with E-state index in [1.54, 1.807) is 0 Å². The minimum absolute atomic E-state index is 0.261. The maximum atomic E-state index is 8.95. The SMILES string of the molecule is OCCN(Cc1cc[nH]c1)CC1CC1. The molecule has 1 aliphatic rings. The van der Waals surface area contributed by atoms with E-state index in [0.717, 1.165) is 25.6 Å². The Balaban J connectivity index is 1.82. The van der Waals surface area contributed by atoms with Gasteiger partial charge in [0.1, 0.15) is 0 Å². The molecule has 0 bridgehead atoms. The largest absolute Gasteiger partial charge is 0.395 e. The van der Waals surface area contributed by atoms with Crippen LogP contribution in [-0.4, -0.2) is 34.7 Å². The molecular weight excluding hydrogens is 176 g/mol. The molecule has 3 heteroatoms. The fraction of sp³-hybridized carbons (Fsp3) is 0.636. The second-order valence-electron chi connectivity index (χ2n) is 4.12. The first-order valence-corrected chi connectivity index (χ1v) is 5.33. The first-order chi connectivity index (χ1) is 6.88. The minimum atomic E-state index is 0.261. The van der Waals surface area contributed by atoms with Crippen LogP contribution in [0.3, 0.4) is 0 Å². The summed E-state index contributed by atoms with van der Waals surface area (Å²) in [6.45, 7) is 3.16. The van der Waals surface area contributed by atoms with Crippen molar-refractivity contribution in [1.82, 2.24) is 9.88 Å². The van der Waals surface area contributed by atoms with E-state index < -0.39 is 0 Å². The maximum absolute atomic E-state index is 8.95. The molecule has 78 valence electrons. The Morgan fingerprint density at radius 1 is 1.50 bits per heavy atom. The predicted molar refractivity (Wildman–Crippen MR) is 55.9 cm³/mol. The van der Waals surface area contributed by atoms with E-state index in [0.29, 0.717) is 0 Å². The molecule has 1 fully saturated rings.